The Balaban J connectivity index is 2.29. The van der Waals surface area contributed by atoms with Crippen LogP contribution in [0.4, 0.5) is 0 Å². The first kappa shape index (κ1) is 21.8. The smallest absolute Gasteiger partial charge is 0.303 e. The Hall–Kier alpha value is -2.49. The van der Waals surface area contributed by atoms with Crippen LogP contribution in [0.3, 0.4) is 0 Å². The van der Waals surface area contributed by atoms with Crippen molar-refractivity contribution in [2.75, 3.05) is 6.61 Å². The van der Waals surface area contributed by atoms with Gasteiger partial charge in [0.15, 0.2) is 18.5 Å². The number of aliphatic hydroxyl groups excluding tert-OH is 1. The lowest BCUT2D eigenvalue weighted by Crippen LogP contribution is -2.66. The predicted octanol–water partition coefficient (Wildman–Crippen LogP) is 0.288. The highest BCUT2D eigenvalue weighted by Gasteiger charge is 2.50. The van der Waals surface area contributed by atoms with E-state index in [-0.39, 0.29) is 6.61 Å². The van der Waals surface area contributed by atoms with E-state index in [0.29, 0.717) is 0 Å². The first-order valence-corrected chi connectivity index (χ1v) is 8.85. The van der Waals surface area contributed by atoms with Gasteiger partial charge < -0.3 is 29.4 Å². The molecule has 9 nitrogen and oxygen atoms in total. The SMILES string of the molecule is CC(=O)N[C@@H]1[C@@H](OCc2ccccc2)O[C@@H](CO)[C@@H](OC(C)=O)[C@H]1OC(C)=O. The molecule has 1 saturated heterocycles. The van der Waals surface area contributed by atoms with E-state index < -0.39 is 55.1 Å². The molecule has 1 aliphatic rings. The monoisotopic (exact) mass is 395 g/mol. The topological polar surface area (TPSA) is 120 Å². The Morgan fingerprint density at radius 1 is 1.04 bits per heavy atom. The number of benzene rings is 1. The van der Waals surface area contributed by atoms with Crippen LogP contribution in [0.1, 0.15) is 26.3 Å². The lowest BCUT2D eigenvalue weighted by molar-refractivity contribution is -0.279. The van der Waals surface area contributed by atoms with Crippen LogP contribution in [0.2, 0.25) is 0 Å². The number of ether oxygens (including phenoxy) is 4. The summed E-state index contributed by atoms with van der Waals surface area (Å²) >= 11 is 0. The molecule has 0 bridgehead atoms. The molecular weight excluding hydrogens is 370 g/mol. The highest BCUT2D eigenvalue weighted by molar-refractivity contribution is 5.73. The molecule has 0 aromatic heterocycles. The number of carbonyl (C=O) groups is 3. The van der Waals surface area contributed by atoms with Gasteiger partial charge in [0.2, 0.25) is 5.91 Å². The van der Waals surface area contributed by atoms with Crippen LogP contribution < -0.4 is 5.32 Å². The van der Waals surface area contributed by atoms with Crippen molar-refractivity contribution in [3.05, 3.63) is 35.9 Å². The largest absolute Gasteiger partial charge is 0.456 e. The predicted molar refractivity (Wildman–Crippen MR) is 95.7 cm³/mol. The van der Waals surface area contributed by atoms with Crippen LogP contribution in [-0.4, -0.2) is 60.2 Å². The summed E-state index contributed by atoms with van der Waals surface area (Å²) < 4.78 is 22.1. The van der Waals surface area contributed by atoms with Crippen molar-refractivity contribution in [1.29, 1.82) is 0 Å². The zero-order valence-electron chi connectivity index (χ0n) is 16.0. The molecular formula is C19H25NO8. The fraction of sp³-hybridized carbons (Fsp3) is 0.526. The number of hydrogen-bond acceptors (Lipinski definition) is 8. The molecule has 2 rings (SSSR count). The molecule has 1 aliphatic heterocycles. The summed E-state index contributed by atoms with van der Waals surface area (Å²) in [7, 11) is 0. The average molecular weight is 395 g/mol. The molecule has 5 atom stereocenters. The van der Waals surface area contributed by atoms with Crippen LogP contribution >= 0.6 is 0 Å². The van der Waals surface area contributed by atoms with Gasteiger partial charge in [-0.1, -0.05) is 30.3 Å². The van der Waals surface area contributed by atoms with Gasteiger partial charge in [-0.25, -0.2) is 0 Å². The standard InChI is InChI=1S/C19H25NO8/c1-11(22)20-16-18(27-13(3)24)17(26-12(2)23)15(9-21)28-19(16)25-10-14-7-5-4-6-8-14/h4-8,15-19,21H,9-10H2,1-3H3,(H,20,22)/t15-,16-,17+,18-,19-/m0/s1. The van der Waals surface area contributed by atoms with Gasteiger partial charge in [0.1, 0.15) is 12.1 Å². The minimum atomic E-state index is -1.11. The maximum atomic E-state index is 11.7. The molecule has 1 fully saturated rings. The van der Waals surface area contributed by atoms with Gasteiger partial charge in [-0.3, -0.25) is 14.4 Å². The van der Waals surface area contributed by atoms with Crippen molar-refractivity contribution in [2.45, 2.75) is 58.0 Å². The van der Waals surface area contributed by atoms with E-state index in [4.69, 9.17) is 18.9 Å². The Labute approximate surface area is 162 Å². The molecule has 1 aromatic carbocycles. The van der Waals surface area contributed by atoms with Gasteiger partial charge in [-0.05, 0) is 5.56 Å². The fourth-order valence-electron chi connectivity index (χ4n) is 3.00. The van der Waals surface area contributed by atoms with Gasteiger partial charge in [0.25, 0.3) is 0 Å². The second kappa shape index (κ2) is 10.2. The molecule has 0 aliphatic carbocycles. The first-order valence-electron chi connectivity index (χ1n) is 8.85. The number of rotatable bonds is 7. The van der Waals surface area contributed by atoms with Crippen molar-refractivity contribution in [3.63, 3.8) is 0 Å². The molecule has 0 unspecified atom stereocenters. The van der Waals surface area contributed by atoms with Crippen molar-refractivity contribution in [3.8, 4) is 0 Å². The van der Waals surface area contributed by atoms with E-state index in [1.165, 1.54) is 20.8 Å². The Bertz CT molecular complexity index is 680. The minimum absolute atomic E-state index is 0.158. The second-order valence-electron chi connectivity index (χ2n) is 6.40. The number of esters is 2. The molecule has 28 heavy (non-hydrogen) atoms. The Morgan fingerprint density at radius 3 is 2.18 bits per heavy atom. The first-order chi connectivity index (χ1) is 13.3. The number of carbonyl (C=O) groups excluding carboxylic acids is 3. The molecule has 1 heterocycles. The third-order valence-corrected chi connectivity index (χ3v) is 4.06. The van der Waals surface area contributed by atoms with Crippen LogP contribution in [0.15, 0.2) is 30.3 Å². The number of amides is 1. The molecule has 0 radical (unpaired) electrons. The zero-order valence-corrected chi connectivity index (χ0v) is 16.0. The highest BCUT2D eigenvalue weighted by atomic mass is 16.7. The van der Waals surface area contributed by atoms with Crippen molar-refractivity contribution < 1.29 is 38.4 Å². The van der Waals surface area contributed by atoms with E-state index in [0.717, 1.165) is 5.56 Å². The van der Waals surface area contributed by atoms with E-state index in [1.807, 2.05) is 30.3 Å². The molecule has 2 N–H and O–H groups in total. The molecule has 1 aromatic rings. The summed E-state index contributed by atoms with van der Waals surface area (Å²) in [6.45, 7) is 3.32. The normalized spacial score (nSPS) is 26.9. The average Bonchev–Trinajstić information content (AvgIpc) is 2.63. The van der Waals surface area contributed by atoms with Crippen LogP contribution in [0.25, 0.3) is 0 Å². The lowest BCUT2D eigenvalue weighted by Gasteiger charge is -2.44. The van der Waals surface area contributed by atoms with Crippen LogP contribution in [0.5, 0.6) is 0 Å². The number of aliphatic hydroxyl groups is 1. The zero-order chi connectivity index (χ0) is 20.7. The summed E-state index contributed by atoms with van der Waals surface area (Å²) in [4.78, 5) is 34.9. The lowest BCUT2D eigenvalue weighted by atomic mass is 9.96. The van der Waals surface area contributed by atoms with Gasteiger partial charge >= 0.3 is 11.9 Å². The Morgan fingerprint density at radius 2 is 1.64 bits per heavy atom. The van der Waals surface area contributed by atoms with Gasteiger partial charge in [-0.2, -0.15) is 0 Å². The van der Waals surface area contributed by atoms with E-state index in [1.54, 1.807) is 0 Å². The Kier molecular flexibility index (Phi) is 7.91. The molecule has 1 amide bonds. The van der Waals surface area contributed by atoms with Crippen molar-refractivity contribution in [1.82, 2.24) is 5.32 Å². The van der Waals surface area contributed by atoms with Gasteiger partial charge in [0.05, 0.1) is 13.2 Å². The van der Waals surface area contributed by atoms with Crippen LogP contribution in [0, 0.1) is 0 Å². The summed E-state index contributed by atoms with van der Waals surface area (Å²) in [6, 6.07) is 8.32. The van der Waals surface area contributed by atoms with Crippen molar-refractivity contribution >= 4 is 17.8 Å². The summed E-state index contributed by atoms with van der Waals surface area (Å²) in [5, 5.41) is 12.3. The van der Waals surface area contributed by atoms with E-state index in [9.17, 15) is 19.5 Å². The summed E-state index contributed by atoms with van der Waals surface area (Å²) in [5.41, 5.74) is 0.861. The molecule has 0 spiro atoms. The maximum Gasteiger partial charge on any atom is 0.303 e. The number of hydrogen-bond donors (Lipinski definition) is 2. The molecule has 154 valence electrons. The summed E-state index contributed by atoms with van der Waals surface area (Å²) in [6.07, 6.45) is -4.26. The third kappa shape index (κ3) is 6.01. The molecule has 0 saturated carbocycles. The summed E-state index contributed by atoms with van der Waals surface area (Å²) in [5.74, 6) is -1.70. The van der Waals surface area contributed by atoms with E-state index in [2.05, 4.69) is 5.32 Å². The quantitative estimate of drug-likeness (QED) is 0.632. The van der Waals surface area contributed by atoms with Crippen LogP contribution in [-0.2, 0) is 39.9 Å². The number of nitrogens with one attached hydrogen (secondary N) is 1. The van der Waals surface area contributed by atoms with Gasteiger partial charge in [-0.15, -0.1) is 0 Å². The minimum Gasteiger partial charge on any atom is -0.456 e. The second-order valence-corrected chi connectivity index (χ2v) is 6.40. The van der Waals surface area contributed by atoms with E-state index >= 15 is 0 Å². The third-order valence-electron chi connectivity index (χ3n) is 4.06. The van der Waals surface area contributed by atoms with Crippen molar-refractivity contribution in [2.24, 2.45) is 0 Å². The van der Waals surface area contributed by atoms with Gasteiger partial charge in [0, 0.05) is 20.8 Å². The fourth-order valence-corrected chi connectivity index (χ4v) is 3.00. The maximum absolute atomic E-state index is 11.7. The molecule has 9 heteroatoms. The highest BCUT2D eigenvalue weighted by Crippen LogP contribution is 2.28.